The lowest BCUT2D eigenvalue weighted by Crippen LogP contribution is -2.30. The molecule has 6 nitrogen and oxygen atoms in total. The van der Waals surface area contributed by atoms with Gasteiger partial charge in [-0.25, -0.2) is 4.68 Å². The van der Waals surface area contributed by atoms with Gasteiger partial charge >= 0.3 is 0 Å². The van der Waals surface area contributed by atoms with Crippen LogP contribution in [0.5, 0.6) is 5.88 Å². The molecule has 1 aromatic rings. The number of hydrogen-bond acceptors (Lipinski definition) is 4. The number of hydrogen-bond donors (Lipinski definition) is 2. The highest BCUT2D eigenvalue weighted by atomic mass is 16.5. The standard InChI is InChI=1S/C26H44N4O2/c1-3-19(4-2)14-22-15-24(22)29-25(31)23-16-28-30(17-20-10-12-27-13-11-20)26(23)32-18-21-8-6-5-7-9-21/h16,19-22,24,27H,3-15,17-18H2,1-2H3,(H,29,31). The fourth-order valence-corrected chi connectivity index (χ4v) is 5.65. The number of amides is 1. The van der Waals surface area contributed by atoms with Crippen molar-refractivity contribution in [2.75, 3.05) is 19.7 Å². The maximum atomic E-state index is 13.2. The van der Waals surface area contributed by atoms with Crippen LogP contribution in [0.4, 0.5) is 0 Å². The normalized spacial score (nSPS) is 24.6. The first-order valence-corrected chi connectivity index (χ1v) is 13.4. The summed E-state index contributed by atoms with van der Waals surface area (Å²) in [5.74, 6) is 3.32. The van der Waals surface area contributed by atoms with Crippen LogP contribution < -0.4 is 15.4 Å². The van der Waals surface area contributed by atoms with Crippen molar-refractivity contribution >= 4 is 5.91 Å². The van der Waals surface area contributed by atoms with Gasteiger partial charge in [0, 0.05) is 12.6 Å². The molecular weight excluding hydrogens is 400 g/mol. The zero-order valence-electron chi connectivity index (χ0n) is 20.3. The van der Waals surface area contributed by atoms with Crippen molar-refractivity contribution in [2.24, 2.45) is 23.7 Å². The summed E-state index contributed by atoms with van der Waals surface area (Å²) in [5, 5.41) is 11.4. The first-order chi connectivity index (χ1) is 15.7. The molecule has 1 saturated heterocycles. The topological polar surface area (TPSA) is 68.2 Å². The predicted octanol–water partition coefficient (Wildman–Crippen LogP) is 4.79. The van der Waals surface area contributed by atoms with Crippen LogP contribution in [-0.2, 0) is 6.54 Å². The van der Waals surface area contributed by atoms with Gasteiger partial charge in [0.05, 0.1) is 12.8 Å². The molecule has 2 aliphatic carbocycles. The van der Waals surface area contributed by atoms with Gasteiger partial charge in [-0.3, -0.25) is 4.79 Å². The zero-order valence-corrected chi connectivity index (χ0v) is 20.3. The van der Waals surface area contributed by atoms with Gasteiger partial charge in [-0.1, -0.05) is 46.0 Å². The van der Waals surface area contributed by atoms with Crippen molar-refractivity contribution in [3.63, 3.8) is 0 Å². The Labute approximate surface area is 194 Å². The maximum absolute atomic E-state index is 13.2. The molecule has 0 spiro atoms. The van der Waals surface area contributed by atoms with Gasteiger partial charge in [0.15, 0.2) is 0 Å². The molecule has 3 fully saturated rings. The number of ether oxygens (including phenoxy) is 1. The van der Waals surface area contributed by atoms with Gasteiger partial charge < -0.3 is 15.4 Å². The molecule has 180 valence electrons. The summed E-state index contributed by atoms with van der Waals surface area (Å²) in [5.41, 5.74) is 0.628. The molecular formula is C26H44N4O2. The summed E-state index contributed by atoms with van der Waals surface area (Å²) in [6.07, 6.45) is 15.3. The van der Waals surface area contributed by atoms with E-state index in [4.69, 9.17) is 4.74 Å². The molecule has 1 aliphatic heterocycles. The Bertz CT molecular complexity index is 717. The van der Waals surface area contributed by atoms with E-state index in [1.807, 2.05) is 4.68 Å². The minimum absolute atomic E-state index is 0.00254. The lowest BCUT2D eigenvalue weighted by Gasteiger charge is -2.25. The molecule has 1 aromatic heterocycles. The second-order valence-corrected chi connectivity index (χ2v) is 10.5. The fourth-order valence-electron chi connectivity index (χ4n) is 5.65. The van der Waals surface area contributed by atoms with E-state index in [0.29, 0.717) is 41.8 Å². The van der Waals surface area contributed by atoms with Crippen molar-refractivity contribution in [2.45, 2.75) is 97.1 Å². The molecule has 2 unspecified atom stereocenters. The summed E-state index contributed by atoms with van der Waals surface area (Å²) in [6.45, 7) is 8.23. The van der Waals surface area contributed by atoms with E-state index in [9.17, 15) is 4.79 Å². The number of piperidine rings is 1. The average Bonchev–Trinajstić information content (AvgIpc) is 3.43. The van der Waals surface area contributed by atoms with Gasteiger partial charge in [0.2, 0.25) is 5.88 Å². The quantitative estimate of drug-likeness (QED) is 0.515. The monoisotopic (exact) mass is 444 g/mol. The number of nitrogens with zero attached hydrogens (tertiary/aromatic N) is 2. The second-order valence-electron chi connectivity index (χ2n) is 10.5. The van der Waals surface area contributed by atoms with Gasteiger partial charge in [-0.05, 0) is 75.3 Å². The minimum Gasteiger partial charge on any atom is -0.477 e. The summed E-state index contributed by atoms with van der Waals surface area (Å²) < 4.78 is 8.34. The Balaban J connectivity index is 1.39. The lowest BCUT2D eigenvalue weighted by molar-refractivity contribution is 0.0940. The highest BCUT2D eigenvalue weighted by Crippen LogP contribution is 2.38. The van der Waals surface area contributed by atoms with Crippen LogP contribution in [0.3, 0.4) is 0 Å². The molecule has 32 heavy (non-hydrogen) atoms. The molecule has 0 aromatic carbocycles. The van der Waals surface area contributed by atoms with E-state index in [1.54, 1.807) is 6.20 Å². The number of nitrogens with one attached hydrogen (secondary N) is 2. The van der Waals surface area contributed by atoms with E-state index < -0.39 is 0 Å². The van der Waals surface area contributed by atoms with Crippen LogP contribution >= 0.6 is 0 Å². The Morgan fingerprint density at radius 3 is 2.62 bits per heavy atom. The number of rotatable bonds is 11. The molecule has 0 bridgehead atoms. The van der Waals surface area contributed by atoms with Gasteiger partial charge in [-0.2, -0.15) is 5.10 Å². The van der Waals surface area contributed by atoms with Crippen LogP contribution in [-0.4, -0.2) is 41.4 Å². The Morgan fingerprint density at radius 2 is 1.91 bits per heavy atom. The van der Waals surface area contributed by atoms with Gasteiger partial charge in [0.25, 0.3) is 5.91 Å². The van der Waals surface area contributed by atoms with E-state index >= 15 is 0 Å². The van der Waals surface area contributed by atoms with E-state index in [1.165, 1.54) is 51.4 Å². The summed E-state index contributed by atoms with van der Waals surface area (Å²) in [7, 11) is 0. The van der Waals surface area contributed by atoms with Crippen molar-refractivity contribution in [1.29, 1.82) is 0 Å². The third-order valence-electron chi connectivity index (χ3n) is 8.14. The van der Waals surface area contributed by atoms with E-state index in [2.05, 4.69) is 29.6 Å². The highest BCUT2D eigenvalue weighted by molar-refractivity contribution is 5.96. The highest BCUT2D eigenvalue weighted by Gasteiger charge is 2.40. The third kappa shape index (κ3) is 6.27. The van der Waals surface area contributed by atoms with E-state index in [0.717, 1.165) is 44.8 Å². The molecule has 2 saturated carbocycles. The van der Waals surface area contributed by atoms with Gasteiger partial charge in [0.1, 0.15) is 5.56 Å². The van der Waals surface area contributed by atoms with Gasteiger partial charge in [-0.15, -0.1) is 0 Å². The van der Waals surface area contributed by atoms with Crippen LogP contribution in [0.1, 0.15) is 94.8 Å². The maximum Gasteiger partial charge on any atom is 0.258 e. The van der Waals surface area contributed by atoms with Crippen molar-refractivity contribution in [1.82, 2.24) is 20.4 Å². The zero-order chi connectivity index (χ0) is 22.3. The molecule has 2 atom stereocenters. The number of carbonyl (C=O) groups is 1. The summed E-state index contributed by atoms with van der Waals surface area (Å²) in [6, 6.07) is 0.321. The molecule has 0 radical (unpaired) electrons. The SMILES string of the molecule is CCC(CC)CC1CC1NC(=O)c1cnn(CC2CCNCC2)c1OCC1CCCCC1. The van der Waals surface area contributed by atoms with Crippen LogP contribution in [0, 0.1) is 23.7 Å². The second kappa shape index (κ2) is 11.5. The van der Waals surface area contributed by atoms with Crippen LogP contribution in [0.15, 0.2) is 6.20 Å². The molecule has 2 N–H and O–H groups in total. The smallest absolute Gasteiger partial charge is 0.258 e. The first kappa shape index (κ1) is 23.6. The first-order valence-electron chi connectivity index (χ1n) is 13.4. The largest absolute Gasteiger partial charge is 0.477 e. The number of aromatic nitrogens is 2. The Hall–Kier alpha value is -1.56. The van der Waals surface area contributed by atoms with Crippen molar-refractivity contribution < 1.29 is 9.53 Å². The summed E-state index contributed by atoms with van der Waals surface area (Å²) >= 11 is 0. The predicted molar refractivity (Wildman–Crippen MR) is 128 cm³/mol. The molecule has 6 heteroatoms. The molecule has 2 heterocycles. The average molecular weight is 445 g/mol. The Kier molecular flexibility index (Phi) is 8.50. The lowest BCUT2D eigenvalue weighted by atomic mass is 9.90. The van der Waals surface area contributed by atoms with Crippen LogP contribution in [0.25, 0.3) is 0 Å². The Morgan fingerprint density at radius 1 is 1.16 bits per heavy atom. The molecule has 3 aliphatic rings. The van der Waals surface area contributed by atoms with E-state index in [-0.39, 0.29) is 5.91 Å². The van der Waals surface area contributed by atoms with Crippen LogP contribution in [0.2, 0.25) is 0 Å². The fraction of sp³-hybridized carbons (Fsp3) is 0.846. The summed E-state index contributed by atoms with van der Waals surface area (Å²) in [4.78, 5) is 13.2. The molecule has 1 amide bonds. The third-order valence-corrected chi connectivity index (χ3v) is 8.14. The minimum atomic E-state index is -0.00254. The molecule has 4 rings (SSSR count). The number of carbonyl (C=O) groups excluding carboxylic acids is 1. The van der Waals surface area contributed by atoms with Crippen molar-refractivity contribution in [3.05, 3.63) is 11.8 Å². The van der Waals surface area contributed by atoms with Crippen molar-refractivity contribution in [3.8, 4) is 5.88 Å².